The van der Waals surface area contributed by atoms with Crippen LogP contribution in [0.15, 0.2) is 72.8 Å². The maximum atomic E-state index is 15.3. The van der Waals surface area contributed by atoms with Crippen LogP contribution in [0.25, 0.3) is 0 Å². The second-order valence-corrected chi connectivity index (χ2v) is 16.5. The zero-order valence-corrected chi connectivity index (χ0v) is 27.2. The normalized spacial score (nSPS) is 23.2. The van der Waals surface area contributed by atoms with Gasteiger partial charge in [-0.25, -0.2) is 26.4 Å². The van der Waals surface area contributed by atoms with Gasteiger partial charge in [0.15, 0.2) is 6.10 Å². The summed E-state index contributed by atoms with van der Waals surface area (Å²) >= 11 is 12.6. The molecule has 3 fully saturated rings. The lowest BCUT2D eigenvalue weighted by Crippen LogP contribution is -2.60. The van der Waals surface area contributed by atoms with Gasteiger partial charge in [-0.05, 0) is 79.1 Å². The summed E-state index contributed by atoms with van der Waals surface area (Å²) in [5.41, 5.74) is 1.09. The molecule has 2 N–H and O–H groups in total. The van der Waals surface area contributed by atoms with E-state index in [4.69, 9.17) is 33.1 Å². The number of sulfonamides is 2. The predicted octanol–water partition coefficient (Wildman–Crippen LogP) is 5.21. The minimum atomic E-state index is -4.18. The van der Waals surface area contributed by atoms with Crippen LogP contribution in [0.1, 0.15) is 49.0 Å². The lowest BCUT2D eigenvalue weighted by Gasteiger charge is -2.49. The number of ether oxygens (including phenoxy) is 1. The number of primary sulfonamides is 1. The summed E-state index contributed by atoms with van der Waals surface area (Å²) in [6.45, 7) is -0.232. The van der Waals surface area contributed by atoms with Crippen LogP contribution in [0.2, 0.25) is 10.0 Å². The molecule has 4 atom stereocenters. The summed E-state index contributed by atoms with van der Waals surface area (Å²) in [6, 6.07) is 17.7. The maximum absolute atomic E-state index is 15.3. The van der Waals surface area contributed by atoms with Gasteiger partial charge >= 0.3 is 0 Å². The van der Waals surface area contributed by atoms with Crippen molar-refractivity contribution in [3.63, 3.8) is 0 Å². The van der Waals surface area contributed by atoms with Crippen molar-refractivity contribution in [3.05, 3.63) is 99.8 Å². The van der Waals surface area contributed by atoms with Gasteiger partial charge in [-0.2, -0.15) is 0 Å². The Hall–Kier alpha value is -2.74. The first kappa shape index (κ1) is 32.2. The van der Waals surface area contributed by atoms with Crippen molar-refractivity contribution in [3.8, 4) is 0 Å². The van der Waals surface area contributed by atoms with E-state index < -0.39 is 67.1 Å². The van der Waals surface area contributed by atoms with Crippen LogP contribution in [0.5, 0.6) is 0 Å². The van der Waals surface area contributed by atoms with Crippen LogP contribution in [0.3, 0.4) is 0 Å². The lowest BCUT2D eigenvalue weighted by molar-refractivity contribution is -0.176. The zero-order valence-electron chi connectivity index (χ0n) is 24.0. The fourth-order valence-electron chi connectivity index (χ4n) is 6.04. The van der Waals surface area contributed by atoms with Crippen molar-refractivity contribution in [1.82, 2.24) is 4.90 Å². The Balaban J connectivity index is 1.52. The molecule has 2 saturated carbocycles. The van der Waals surface area contributed by atoms with Crippen LogP contribution in [-0.4, -0.2) is 57.3 Å². The molecule has 0 radical (unpaired) electrons. The molecular weight excluding hydrogens is 664 g/mol. The first-order valence-electron chi connectivity index (χ1n) is 14.6. The zero-order chi connectivity index (χ0) is 32.1. The highest BCUT2D eigenvalue weighted by atomic mass is 35.5. The Morgan fingerprint density at radius 2 is 1.60 bits per heavy atom. The number of hydrogen-bond donors (Lipinski definition) is 1. The average molecular weight is 697 g/mol. The largest absolute Gasteiger partial charge is 0.357 e. The minimum Gasteiger partial charge on any atom is -0.357 e. The number of benzene rings is 3. The fraction of sp³-hybridized carbons (Fsp3) is 0.387. The number of anilines is 1. The van der Waals surface area contributed by atoms with Gasteiger partial charge < -0.3 is 9.64 Å². The number of morpholine rings is 1. The van der Waals surface area contributed by atoms with Gasteiger partial charge in [-0.1, -0.05) is 59.6 Å². The standard InChI is InChI=1S/C31H32Cl2FN3O6S2/c32-22-12-10-20(11-13-22)29-30(21-4-3-5-23(33)16-21)43-28(18-44(35,39)40)31(38)37(29)27(19-8-9-19)17-36(45(41,42)24-14-15-24)26-7-2-1-6-25(26)34/h1-7,10-13,16,19,24,27-30H,8-9,14-15,17-18H2,(H2,35,39,40)/t27-,28+,29+,30-/m0/s1. The summed E-state index contributed by atoms with van der Waals surface area (Å²) in [5.74, 6) is -2.29. The van der Waals surface area contributed by atoms with Gasteiger partial charge in [-0.3, -0.25) is 9.10 Å². The highest BCUT2D eigenvalue weighted by Crippen LogP contribution is 2.48. The number of nitrogens with zero attached hydrogens (tertiary/aromatic N) is 2. The van der Waals surface area contributed by atoms with E-state index >= 15 is 4.39 Å². The highest BCUT2D eigenvalue weighted by molar-refractivity contribution is 7.93. The van der Waals surface area contributed by atoms with Gasteiger partial charge in [0.2, 0.25) is 20.0 Å². The van der Waals surface area contributed by atoms with Crippen LogP contribution in [0, 0.1) is 11.7 Å². The Bertz CT molecular complexity index is 1800. The quantitative estimate of drug-likeness (QED) is 0.294. The second kappa shape index (κ2) is 12.5. The summed E-state index contributed by atoms with van der Waals surface area (Å²) in [5, 5.41) is 5.62. The Morgan fingerprint density at radius 1 is 0.911 bits per heavy atom. The van der Waals surface area contributed by atoms with Crippen molar-refractivity contribution < 1.29 is 30.8 Å². The fourth-order valence-corrected chi connectivity index (χ4v) is 8.89. The molecular formula is C31H32Cl2FN3O6S2. The molecule has 3 aliphatic rings. The number of carbonyl (C=O) groups excluding carboxylic acids is 1. The van der Waals surface area contributed by atoms with Crippen LogP contribution < -0.4 is 9.44 Å². The summed E-state index contributed by atoms with van der Waals surface area (Å²) in [4.78, 5) is 16.0. The molecule has 0 bridgehead atoms. The van der Waals surface area contributed by atoms with Crippen molar-refractivity contribution in [2.75, 3.05) is 16.6 Å². The molecule has 14 heteroatoms. The van der Waals surface area contributed by atoms with Crippen LogP contribution in [0.4, 0.5) is 10.1 Å². The SMILES string of the molecule is NS(=O)(=O)C[C@H]1O[C@@H](c2cccc(Cl)c2)[C@@H](c2ccc(Cl)cc2)N([C@@H](CN(c2ccccc2F)S(=O)(=O)C2CC2)C2CC2)C1=O. The second-order valence-electron chi connectivity index (χ2n) is 11.8. The topological polar surface area (TPSA) is 127 Å². The summed E-state index contributed by atoms with van der Waals surface area (Å²) in [7, 11) is -8.17. The van der Waals surface area contributed by atoms with Gasteiger partial charge in [0.25, 0.3) is 5.91 Å². The van der Waals surface area contributed by atoms with Crippen LogP contribution in [-0.2, 0) is 29.6 Å². The molecule has 1 heterocycles. The minimum absolute atomic E-state index is 0.105. The molecule has 0 spiro atoms. The third kappa shape index (κ3) is 7.01. The third-order valence-electron chi connectivity index (χ3n) is 8.45. The Morgan fingerprint density at radius 3 is 2.20 bits per heavy atom. The Kier molecular flexibility index (Phi) is 8.92. The van der Waals surface area contributed by atoms with E-state index in [0.717, 1.165) is 4.31 Å². The number of carbonyl (C=O) groups is 1. The molecule has 1 amide bonds. The number of halogens is 3. The molecule has 3 aromatic carbocycles. The molecule has 9 nitrogen and oxygen atoms in total. The highest BCUT2D eigenvalue weighted by Gasteiger charge is 2.52. The predicted molar refractivity (Wildman–Crippen MR) is 170 cm³/mol. The molecule has 2 aliphatic carbocycles. The van der Waals surface area contributed by atoms with Crippen LogP contribution >= 0.6 is 23.2 Å². The molecule has 3 aromatic rings. The lowest BCUT2D eigenvalue weighted by atomic mass is 9.89. The number of rotatable bonds is 11. The molecule has 6 rings (SSSR count). The van der Waals surface area contributed by atoms with E-state index in [1.807, 2.05) is 0 Å². The van der Waals surface area contributed by atoms with E-state index in [9.17, 15) is 21.6 Å². The number of nitrogens with two attached hydrogens (primary N) is 1. The van der Waals surface area contributed by atoms with Crippen molar-refractivity contribution in [2.45, 2.75) is 55.2 Å². The summed E-state index contributed by atoms with van der Waals surface area (Å²) < 4.78 is 75.0. The number of para-hydroxylation sites is 1. The molecule has 1 saturated heterocycles. The maximum Gasteiger partial charge on any atom is 0.253 e. The summed E-state index contributed by atoms with van der Waals surface area (Å²) in [6.07, 6.45) is -0.109. The smallest absolute Gasteiger partial charge is 0.253 e. The van der Waals surface area contributed by atoms with Crippen molar-refractivity contribution in [2.24, 2.45) is 11.1 Å². The first-order chi connectivity index (χ1) is 21.3. The Labute approximate surface area is 272 Å². The molecule has 0 unspecified atom stereocenters. The molecule has 240 valence electrons. The third-order valence-corrected chi connectivity index (χ3v) is 12.0. The van der Waals surface area contributed by atoms with Gasteiger partial charge in [0.1, 0.15) is 11.9 Å². The van der Waals surface area contributed by atoms with Gasteiger partial charge in [0.05, 0.1) is 35.3 Å². The molecule has 1 aliphatic heterocycles. The van der Waals surface area contributed by atoms with E-state index in [1.54, 1.807) is 59.5 Å². The van der Waals surface area contributed by atoms with Gasteiger partial charge in [-0.15, -0.1) is 0 Å². The van der Waals surface area contributed by atoms with E-state index in [-0.39, 0.29) is 18.2 Å². The average Bonchev–Trinajstić information content (AvgIpc) is 3.89. The van der Waals surface area contributed by atoms with E-state index in [1.165, 1.54) is 18.2 Å². The molecule has 0 aromatic heterocycles. The van der Waals surface area contributed by atoms with Gasteiger partial charge in [0, 0.05) is 10.0 Å². The first-order valence-corrected chi connectivity index (χ1v) is 18.6. The van der Waals surface area contributed by atoms with E-state index in [0.29, 0.717) is 46.9 Å². The number of hydrogen-bond acceptors (Lipinski definition) is 6. The van der Waals surface area contributed by atoms with Crippen molar-refractivity contribution >= 4 is 54.8 Å². The monoisotopic (exact) mass is 695 g/mol. The number of amides is 1. The molecule has 45 heavy (non-hydrogen) atoms. The van der Waals surface area contributed by atoms with Crippen molar-refractivity contribution in [1.29, 1.82) is 0 Å². The van der Waals surface area contributed by atoms with E-state index in [2.05, 4.69) is 0 Å².